The van der Waals surface area contributed by atoms with Gasteiger partial charge in [0.15, 0.2) is 5.43 Å². The van der Waals surface area contributed by atoms with Crippen molar-refractivity contribution in [3.05, 3.63) is 69.9 Å². The van der Waals surface area contributed by atoms with E-state index in [9.17, 15) is 9.18 Å². The molecule has 4 heteroatoms. The molecule has 1 heterocycles. The Kier molecular flexibility index (Phi) is 3.35. The number of rotatable bonds is 3. The molecule has 0 aliphatic rings. The third-order valence-corrected chi connectivity index (χ3v) is 2.56. The van der Waals surface area contributed by atoms with Crippen LogP contribution in [0.25, 0.3) is 0 Å². The fourth-order valence-electron chi connectivity index (χ4n) is 1.62. The van der Waals surface area contributed by atoms with Crippen LogP contribution in [0.1, 0.15) is 11.1 Å². The van der Waals surface area contributed by atoms with Crippen molar-refractivity contribution in [1.82, 2.24) is 4.57 Å². The Morgan fingerprint density at radius 1 is 1.18 bits per heavy atom. The predicted octanol–water partition coefficient (Wildman–Crippen LogP) is 1.49. The van der Waals surface area contributed by atoms with Crippen LogP contribution in [0.15, 0.2) is 47.5 Å². The Bertz CT molecular complexity index is 557. The van der Waals surface area contributed by atoms with E-state index >= 15 is 0 Å². The lowest BCUT2D eigenvalue weighted by Crippen LogP contribution is -2.07. The van der Waals surface area contributed by atoms with E-state index < -0.39 is 0 Å². The number of aromatic nitrogens is 1. The van der Waals surface area contributed by atoms with Crippen LogP contribution < -0.4 is 11.2 Å². The molecule has 0 unspecified atom stereocenters. The minimum Gasteiger partial charge on any atom is -0.350 e. The summed E-state index contributed by atoms with van der Waals surface area (Å²) >= 11 is 0. The number of nitrogens with two attached hydrogens (primary N) is 1. The van der Waals surface area contributed by atoms with E-state index in [0.29, 0.717) is 18.7 Å². The van der Waals surface area contributed by atoms with Gasteiger partial charge in [0, 0.05) is 43.2 Å². The van der Waals surface area contributed by atoms with Crippen molar-refractivity contribution in [3.8, 4) is 0 Å². The molecule has 2 rings (SSSR count). The highest BCUT2D eigenvalue weighted by Gasteiger charge is 2.03. The zero-order valence-electron chi connectivity index (χ0n) is 9.27. The van der Waals surface area contributed by atoms with Gasteiger partial charge < -0.3 is 10.3 Å². The van der Waals surface area contributed by atoms with Gasteiger partial charge in [-0.05, 0) is 17.7 Å². The molecule has 0 fully saturated rings. The molecule has 0 atom stereocenters. The summed E-state index contributed by atoms with van der Waals surface area (Å²) in [4.78, 5) is 10.9. The Morgan fingerprint density at radius 3 is 2.53 bits per heavy atom. The van der Waals surface area contributed by atoms with Gasteiger partial charge >= 0.3 is 0 Å². The smallest absolute Gasteiger partial charge is 0.181 e. The number of hydrogen-bond donors (Lipinski definition) is 1. The van der Waals surface area contributed by atoms with E-state index in [0.717, 1.165) is 5.56 Å². The molecule has 1 aromatic heterocycles. The monoisotopic (exact) mass is 232 g/mol. The lowest BCUT2D eigenvalue weighted by molar-refractivity contribution is 0.597. The maximum atomic E-state index is 13.6. The van der Waals surface area contributed by atoms with Crippen LogP contribution >= 0.6 is 0 Å². The second-order valence-electron chi connectivity index (χ2n) is 3.84. The fourth-order valence-corrected chi connectivity index (χ4v) is 1.62. The number of nitrogens with zero attached hydrogens (tertiary/aromatic N) is 1. The summed E-state index contributed by atoms with van der Waals surface area (Å²) in [6.45, 7) is 0.775. The van der Waals surface area contributed by atoms with Crippen molar-refractivity contribution in [2.24, 2.45) is 5.73 Å². The summed E-state index contributed by atoms with van der Waals surface area (Å²) in [5.41, 5.74) is 6.91. The zero-order chi connectivity index (χ0) is 12.3. The van der Waals surface area contributed by atoms with Crippen LogP contribution in [0, 0.1) is 5.82 Å². The first kappa shape index (κ1) is 11.5. The Labute approximate surface area is 98.3 Å². The van der Waals surface area contributed by atoms with Gasteiger partial charge in [-0.25, -0.2) is 4.39 Å². The summed E-state index contributed by atoms with van der Waals surface area (Å²) in [6.07, 6.45) is 3.27. The number of halogens is 1. The van der Waals surface area contributed by atoms with Crippen molar-refractivity contribution in [2.75, 3.05) is 0 Å². The van der Waals surface area contributed by atoms with Crippen LogP contribution in [-0.4, -0.2) is 4.57 Å². The van der Waals surface area contributed by atoms with E-state index in [2.05, 4.69) is 0 Å². The molecule has 2 aromatic rings. The van der Waals surface area contributed by atoms with Crippen molar-refractivity contribution in [2.45, 2.75) is 13.1 Å². The second kappa shape index (κ2) is 4.93. The first-order chi connectivity index (χ1) is 8.19. The average molecular weight is 232 g/mol. The molecule has 17 heavy (non-hydrogen) atoms. The molecule has 0 radical (unpaired) electrons. The predicted molar refractivity (Wildman–Crippen MR) is 64.1 cm³/mol. The Balaban J connectivity index is 2.28. The van der Waals surface area contributed by atoms with E-state index in [1.165, 1.54) is 18.2 Å². The highest BCUT2D eigenvalue weighted by molar-refractivity contribution is 5.25. The van der Waals surface area contributed by atoms with Crippen LogP contribution in [0.3, 0.4) is 0 Å². The molecule has 1 aromatic carbocycles. The summed E-state index contributed by atoms with van der Waals surface area (Å²) in [7, 11) is 0. The fraction of sp³-hybridized carbons (Fsp3) is 0.154. The molecule has 2 N–H and O–H groups in total. The summed E-state index contributed by atoms with van der Waals surface area (Å²) in [5.74, 6) is -0.263. The van der Waals surface area contributed by atoms with E-state index in [4.69, 9.17) is 5.73 Å². The summed E-state index contributed by atoms with van der Waals surface area (Å²) in [6, 6.07) is 7.73. The standard InChI is InChI=1S/C13H13FN2O/c14-13-2-1-10(8-15)7-11(13)9-16-5-3-12(17)4-6-16/h1-7H,8-9,15H2. The van der Waals surface area contributed by atoms with Crippen LogP contribution in [-0.2, 0) is 13.1 Å². The molecular weight excluding hydrogens is 219 g/mol. The molecule has 0 saturated heterocycles. The zero-order valence-corrected chi connectivity index (χ0v) is 9.27. The van der Waals surface area contributed by atoms with E-state index in [1.807, 2.05) is 0 Å². The first-order valence-corrected chi connectivity index (χ1v) is 5.32. The van der Waals surface area contributed by atoms with Gasteiger partial charge in [0.1, 0.15) is 5.82 Å². The van der Waals surface area contributed by atoms with Crippen LogP contribution in [0.4, 0.5) is 4.39 Å². The summed E-state index contributed by atoms with van der Waals surface area (Å²) in [5, 5.41) is 0. The summed E-state index contributed by atoms with van der Waals surface area (Å²) < 4.78 is 15.3. The van der Waals surface area contributed by atoms with E-state index in [-0.39, 0.29) is 11.2 Å². The lowest BCUT2D eigenvalue weighted by Gasteiger charge is -2.08. The van der Waals surface area contributed by atoms with Gasteiger partial charge in [-0.3, -0.25) is 4.79 Å². The third kappa shape index (κ3) is 2.79. The Hall–Kier alpha value is -1.94. The van der Waals surface area contributed by atoms with Gasteiger partial charge in [0.05, 0.1) is 0 Å². The Morgan fingerprint density at radius 2 is 1.88 bits per heavy atom. The molecule has 88 valence electrons. The topological polar surface area (TPSA) is 48.0 Å². The largest absolute Gasteiger partial charge is 0.350 e. The second-order valence-corrected chi connectivity index (χ2v) is 3.84. The highest BCUT2D eigenvalue weighted by Crippen LogP contribution is 2.11. The minimum atomic E-state index is -0.263. The molecule has 0 bridgehead atoms. The highest BCUT2D eigenvalue weighted by atomic mass is 19.1. The molecular formula is C13H13FN2O. The lowest BCUT2D eigenvalue weighted by atomic mass is 10.1. The molecule has 0 spiro atoms. The maximum Gasteiger partial charge on any atom is 0.181 e. The molecule has 0 saturated carbocycles. The quantitative estimate of drug-likeness (QED) is 0.871. The van der Waals surface area contributed by atoms with Gasteiger partial charge in [0.2, 0.25) is 0 Å². The van der Waals surface area contributed by atoms with Crippen molar-refractivity contribution >= 4 is 0 Å². The van der Waals surface area contributed by atoms with Crippen molar-refractivity contribution in [1.29, 1.82) is 0 Å². The number of hydrogen-bond acceptors (Lipinski definition) is 2. The van der Waals surface area contributed by atoms with E-state index in [1.54, 1.807) is 29.1 Å². The molecule has 3 nitrogen and oxygen atoms in total. The van der Waals surface area contributed by atoms with Crippen LogP contribution in [0.2, 0.25) is 0 Å². The number of benzene rings is 1. The average Bonchev–Trinajstić information content (AvgIpc) is 2.35. The normalized spacial score (nSPS) is 10.5. The molecule has 0 aliphatic carbocycles. The third-order valence-electron chi connectivity index (χ3n) is 2.56. The van der Waals surface area contributed by atoms with Crippen molar-refractivity contribution < 1.29 is 4.39 Å². The SMILES string of the molecule is NCc1ccc(F)c(Cn2ccc(=O)cc2)c1. The molecule has 0 amide bonds. The maximum absolute atomic E-state index is 13.6. The van der Waals surface area contributed by atoms with Crippen LogP contribution in [0.5, 0.6) is 0 Å². The minimum absolute atomic E-state index is 0.0579. The van der Waals surface area contributed by atoms with Gasteiger partial charge in [-0.15, -0.1) is 0 Å². The van der Waals surface area contributed by atoms with Crippen molar-refractivity contribution in [3.63, 3.8) is 0 Å². The van der Waals surface area contributed by atoms with Gasteiger partial charge in [0.25, 0.3) is 0 Å². The number of pyridine rings is 1. The molecule has 0 aliphatic heterocycles. The van der Waals surface area contributed by atoms with Gasteiger partial charge in [-0.1, -0.05) is 6.07 Å². The van der Waals surface area contributed by atoms with Gasteiger partial charge in [-0.2, -0.15) is 0 Å². The first-order valence-electron chi connectivity index (χ1n) is 5.32.